The molecule has 0 aliphatic rings. The predicted octanol–water partition coefficient (Wildman–Crippen LogP) is 2.98. The van der Waals surface area contributed by atoms with Crippen molar-refractivity contribution < 1.29 is 9.90 Å². The lowest BCUT2D eigenvalue weighted by atomic mass is 10.1. The molecule has 2 aromatic heterocycles. The van der Waals surface area contributed by atoms with Gasteiger partial charge in [-0.05, 0) is 18.6 Å². The van der Waals surface area contributed by atoms with Gasteiger partial charge in [0.15, 0.2) is 5.65 Å². The third-order valence-corrected chi connectivity index (χ3v) is 3.54. The number of aromatic carboxylic acids is 1. The Balaban J connectivity index is 2.06. The predicted molar refractivity (Wildman–Crippen MR) is 78.9 cm³/mol. The first kappa shape index (κ1) is 13.6. The van der Waals surface area contributed by atoms with Crippen LogP contribution in [0.25, 0.3) is 5.65 Å². The molecule has 6 heteroatoms. The van der Waals surface area contributed by atoms with Crippen LogP contribution in [0.1, 0.15) is 27.3 Å². The van der Waals surface area contributed by atoms with Crippen LogP contribution < -0.4 is 0 Å². The van der Waals surface area contributed by atoms with Gasteiger partial charge in [0, 0.05) is 12.6 Å². The van der Waals surface area contributed by atoms with E-state index >= 15 is 0 Å². The number of benzene rings is 1. The molecular formula is C15H12ClN3O2. The lowest BCUT2D eigenvalue weighted by Crippen LogP contribution is -2.02. The Morgan fingerprint density at radius 1 is 1.29 bits per heavy atom. The average molecular weight is 302 g/mol. The Morgan fingerprint density at radius 3 is 2.67 bits per heavy atom. The summed E-state index contributed by atoms with van der Waals surface area (Å²) in [5.41, 5.74) is 2.83. The van der Waals surface area contributed by atoms with Crippen molar-refractivity contribution in [2.24, 2.45) is 0 Å². The molecule has 0 radical (unpaired) electrons. The van der Waals surface area contributed by atoms with Gasteiger partial charge >= 0.3 is 5.97 Å². The second kappa shape index (κ2) is 5.18. The van der Waals surface area contributed by atoms with Gasteiger partial charge < -0.3 is 5.11 Å². The van der Waals surface area contributed by atoms with E-state index in [1.807, 2.05) is 31.2 Å². The number of carboxylic acid groups (broad SMARTS) is 1. The quantitative estimate of drug-likeness (QED) is 0.807. The number of carbonyl (C=O) groups is 1. The first-order valence-corrected chi connectivity index (χ1v) is 6.74. The third-order valence-electron chi connectivity index (χ3n) is 3.26. The molecule has 0 amide bonds. The van der Waals surface area contributed by atoms with Crippen LogP contribution in [0.15, 0.2) is 36.5 Å². The number of hydrogen-bond acceptors (Lipinski definition) is 3. The Kier molecular flexibility index (Phi) is 3.35. The largest absolute Gasteiger partial charge is 0.478 e. The molecule has 0 bridgehead atoms. The minimum absolute atomic E-state index is 0.109. The lowest BCUT2D eigenvalue weighted by molar-refractivity contribution is 0.0696. The molecule has 0 unspecified atom stereocenters. The molecule has 0 fully saturated rings. The number of pyridine rings is 1. The van der Waals surface area contributed by atoms with Crippen molar-refractivity contribution in [2.45, 2.75) is 13.3 Å². The highest BCUT2D eigenvalue weighted by molar-refractivity contribution is 6.33. The zero-order chi connectivity index (χ0) is 15.0. The molecule has 0 atom stereocenters. The highest BCUT2D eigenvalue weighted by atomic mass is 35.5. The molecular weight excluding hydrogens is 290 g/mol. The number of nitrogens with zero attached hydrogens (tertiary/aromatic N) is 3. The minimum Gasteiger partial charge on any atom is -0.478 e. The maximum absolute atomic E-state index is 11.1. The van der Waals surface area contributed by atoms with Gasteiger partial charge in [-0.2, -0.15) is 0 Å². The van der Waals surface area contributed by atoms with E-state index in [-0.39, 0.29) is 10.6 Å². The summed E-state index contributed by atoms with van der Waals surface area (Å²) in [6.45, 7) is 2.02. The number of aromatic nitrogens is 3. The summed E-state index contributed by atoms with van der Waals surface area (Å²) in [5.74, 6) is -0.382. The number of carboxylic acids is 1. The summed E-state index contributed by atoms with van der Waals surface area (Å²) in [7, 11) is 0. The summed E-state index contributed by atoms with van der Waals surface area (Å²) in [6.07, 6.45) is 2.05. The smallest absolute Gasteiger partial charge is 0.337 e. The van der Waals surface area contributed by atoms with Gasteiger partial charge in [0.05, 0.1) is 10.6 Å². The van der Waals surface area contributed by atoms with Gasteiger partial charge in [-0.1, -0.05) is 41.4 Å². The van der Waals surface area contributed by atoms with Gasteiger partial charge in [0.2, 0.25) is 0 Å². The van der Waals surface area contributed by atoms with Crippen LogP contribution in [0.4, 0.5) is 0 Å². The van der Waals surface area contributed by atoms with Crippen molar-refractivity contribution in [3.05, 3.63) is 64.1 Å². The fourth-order valence-electron chi connectivity index (χ4n) is 2.13. The Bertz CT molecular complexity index is 825. The van der Waals surface area contributed by atoms with Crippen molar-refractivity contribution in [3.63, 3.8) is 0 Å². The normalized spacial score (nSPS) is 11.0. The molecule has 2 heterocycles. The monoisotopic (exact) mass is 301 g/mol. The van der Waals surface area contributed by atoms with Crippen LogP contribution in [0.5, 0.6) is 0 Å². The van der Waals surface area contributed by atoms with E-state index in [2.05, 4.69) is 10.2 Å². The van der Waals surface area contributed by atoms with Gasteiger partial charge in [-0.3, -0.25) is 4.40 Å². The van der Waals surface area contributed by atoms with Gasteiger partial charge in [-0.25, -0.2) is 4.79 Å². The van der Waals surface area contributed by atoms with E-state index in [1.54, 1.807) is 4.40 Å². The highest BCUT2D eigenvalue weighted by Crippen LogP contribution is 2.20. The second-order valence-corrected chi connectivity index (χ2v) is 5.26. The van der Waals surface area contributed by atoms with Crippen LogP contribution in [-0.2, 0) is 6.42 Å². The van der Waals surface area contributed by atoms with Crippen molar-refractivity contribution in [1.82, 2.24) is 14.6 Å². The molecule has 3 rings (SSSR count). The molecule has 0 saturated heterocycles. The summed E-state index contributed by atoms with van der Waals surface area (Å²) in [4.78, 5) is 11.1. The standard InChI is InChI=1S/C15H12ClN3O2/c1-9-2-4-10(5-3-9)6-13-17-18-14-12(16)7-11(15(20)21)8-19(13)14/h2-5,7-8H,6H2,1H3,(H,20,21). The van der Waals surface area contributed by atoms with Crippen LogP contribution in [-0.4, -0.2) is 25.7 Å². The summed E-state index contributed by atoms with van der Waals surface area (Å²) in [6, 6.07) is 9.45. The fourth-order valence-corrected chi connectivity index (χ4v) is 2.37. The third kappa shape index (κ3) is 2.60. The number of hydrogen-bond donors (Lipinski definition) is 1. The Hall–Kier alpha value is -2.40. The number of rotatable bonds is 3. The van der Waals surface area contributed by atoms with E-state index in [4.69, 9.17) is 16.7 Å². The van der Waals surface area contributed by atoms with Crippen LogP contribution in [0, 0.1) is 6.92 Å². The first-order valence-electron chi connectivity index (χ1n) is 6.36. The van der Waals surface area contributed by atoms with Crippen molar-refractivity contribution >= 4 is 23.2 Å². The second-order valence-electron chi connectivity index (χ2n) is 4.85. The van der Waals surface area contributed by atoms with Crippen molar-refractivity contribution in [2.75, 3.05) is 0 Å². The molecule has 21 heavy (non-hydrogen) atoms. The fraction of sp³-hybridized carbons (Fsp3) is 0.133. The number of aryl methyl sites for hydroxylation is 1. The van der Waals surface area contributed by atoms with Crippen LogP contribution >= 0.6 is 11.6 Å². The first-order chi connectivity index (χ1) is 10.0. The molecule has 0 spiro atoms. The van der Waals surface area contributed by atoms with E-state index in [1.165, 1.54) is 17.8 Å². The summed E-state index contributed by atoms with van der Waals surface area (Å²) < 4.78 is 1.63. The van der Waals surface area contributed by atoms with E-state index in [0.717, 1.165) is 5.56 Å². The zero-order valence-corrected chi connectivity index (χ0v) is 12.0. The Morgan fingerprint density at radius 2 is 2.00 bits per heavy atom. The molecule has 106 valence electrons. The van der Waals surface area contributed by atoms with Gasteiger partial charge in [-0.15, -0.1) is 10.2 Å². The summed E-state index contributed by atoms with van der Waals surface area (Å²) in [5, 5.41) is 17.5. The molecule has 1 aromatic carbocycles. The highest BCUT2D eigenvalue weighted by Gasteiger charge is 2.13. The van der Waals surface area contributed by atoms with Gasteiger partial charge in [0.25, 0.3) is 0 Å². The lowest BCUT2D eigenvalue weighted by Gasteiger charge is -2.03. The van der Waals surface area contributed by atoms with Crippen molar-refractivity contribution in [3.8, 4) is 0 Å². The van der Waals surface area contributed by atoms with E-state index in [9.17, 15) is 4.79 Å². The van der Waals surface area contributed by atoms with Crippen molar-refractivity contribution in [1.29, 1.82) is 0 Å². The molecule has 0 saturated carbocycles. The molecule has 5 nitrogen and oxygen atoms in total. The van der Waals surface area contributed by atoms with E-state index < -0.39 is 5.97 Å². The number of halogens is 1. The maximum Gasteiger partial charge on any atom is 0.337 e. The molecule has 3 aromatic rings. The topological polar surface area (TPSA) is 67.5 Å². The maximum atomic E-state index is 11.1. The Labute approximate surface area is 125 Å². The SMILES string of the molecule is Cc1ccc(Cc2nnc3c(Cl)cc(C(=O)O)cn23)cc1. The van der Waals surface area contributed by atoms with Crippen LogP contribution in [0.3, 0.4) is 0 Å². The molecule has 0 aliphatic carbocycles. The molecule has 0 aliphatic heterocycles. The van der Waals surface area contributed by atoms with Gasteiger partial charge in [0.1, 0.15) is 5.82 Å². The average Bonchev–Trinajstić information content (AvgIpc) is 2.85. The number of fused-ring (bicyclic) bond motifs is 1. The minimum atomic E-state index is -1.03. The summed E-state index contributed by atoms with van der Waals surface area (Å²) >= 11 is 6.06. The zero-order valence-electron chi connectivity index (χ0n) is 11.2. The molecule has 1 N–H and O–H groups in total. The van der Waals surface area contributed by atoms with E-state index in [0.29, 0.717) is 17.9 Å². The van der Waals surface area contributed by atoms with Crippen LogP contribution in [0.2, 0.25) is 5.02 Å².